The summed E-state index contributed by atoms with van der Waals surface area (Å²) < 4.78 is 11.9. The third-order valence-corrected chi connectivity index (χ3v) is 5.80. The minimum absolute atomic E-state index is 0.00571. The summed E-state index contributed by atoms with van der Waals surface area (Å²) >= 11 is 0. The molecule has 0 fully saturated rings. The van der Waals surface area contributed by atoms with Gasteiger partial charge in [-0.25, -0.2) is 0 Å². The topological polar surface area (TPSA) is 51.6 Å². The summed E-state index contributed by atoms with van der Waals surface area (Å²) in [5.41, 5.74) is 3.40. The minimum atomic E-state index is -0.720. The normalized spacial score (nSPS) is 12.8. The summed E-state index contributed by atoms with van der Waals surface area (Å²) in [7, 11) is 0.939. The van der Waals surface area contributed by atoms with Crippen LogP contribution in [0.5, 0.6) is 5.75 Å². The molecule has 0 amide bonds. The fourth-order valence-electron chi connectivity index (χ4n) is 2.65. The van der Waals surface area contributed by atoms with Crippen molar-refractivity contribution in [2.24, 2.45) is 0 Å². The summed E-state index contributed by atoms with van der Waals surface area (Å²) in [4.78, 5) is 4.32. The van der Waals surface area contributed by atoms with Crippen molar-refractivity contribution >= 4 is 9.76 Å². The van der Waals surface area contributed by atoms with E-state index in [4.69, 9.17) is 9.16 Å². The first-order valence-corrected chi connectivity index (χ1v) is 9.83. The Morgan fingerprint density at radius 2 is 1.80 bits per heavy atom. The molecule has 0 saturated carbocycles. The van der Waals surface area contributed by atoms with Crippen LogP contribution in [0.15, 0.2) is 36.7 Å². The molecule has 5 heteroatoms. The molecule has 1 aromatic carbocycles. The molecular formula is C20H29NO3Si. The number of aliphatic hydroxyl groups is 1. The van der Waals surface area contributed by atoms with Gasteiger partial charge in [0.15, 0.2) is 9.76 Å². The van der Waals surface area contributed by atoms with E-state index in [-0.39, 0.29) is 11.6 Å². The zero-order chi connectivity index (χ0) is 18.7. The molecule has 0 bridgehead atoms. The van der Waals surface area contributed by atoms with Gasteiger partial charge < -0.3 is 14.3 Å². The quantitative estimate of drug-likeness (QED) is 0.797. The average molecular weight is 360 g/mol. The van der Waals surface area contributed by atoms with Gasteiger partial charge in [-0.1, -0.05) is 26.8 Å². The molecule has 4 nitrogen and oxygen atoms in total. The molecule has 0 atom stereocenters. The Morgan fingerprint density at radius 3 is 2.40 bits per heavy atom. The number of methoxy groups -OCH3 is 1. The van der Waals surface area contributed by atoms with Crippen LogP contribution in [0.1, 0.15) is 45.7 Å². The predicted octanol–water partition coefficient (Wildman–Crippen LogP) is 3.80. The fourth-order valence-corrected chi connectivity index (χ4v) is 3.60. The smallest absolute Gasteiger partial charge is 0.168 e. The van der Waals surface area contributed by atoms with Gasteiger partial charge >= 0.3 is 0 Å². The van der Waals surface area contributed by atoms with Gasteiger partial charge in [0, 0.05) is 23.5 Å². The lowest BCUT2D eigenvalue weighted by atomic mass is 9.90. The van der Waals surface area contributed by atoms with Crippen LogP contribution in [0.25, 0.3) is 11.1 Å². The van der Waals surface area contributed by atoms with E-state index in [1.807, 2.05) is 30.5 Å². The van der Waals surface area contributed by atoms with Crippen molar-refractivity contribution < 1.29 is 14.3 Å². The van der Waals surface area contributed by atoms with Gasteiger partial charge in [0.2, 0.25) is 0 Å². The highest BCUT2D eigenvalue weighted by molar-refractivity contribution is 6.31. The molecule has 2 rings (SSSR count). The molecule has 1 aromatic heterocycles. The Hall–Kier alpha value is -1.69. The lowest BCUT2D eigenvalue weighted by molar-refractivity contribution is 0.110. The number of rotatable bonds is 6. The van der Waals surface area contributed by atoms with E-state index in [0.29, 0.717) is 0 Å². The Bertz CT molecular complexity index is 723. The van der Waals surface area contributed by atoms with Gasteiger partial charge in [0.05, 0.1) is 19.3 Å². The van der Waals surface area contributed by atoms with E-state index in [9.17, 15) is 5.11 Å². The highest BCUT2D eigenvalue weighted by Gasteiger charge is 2.28. The first-order valence-electron chi connectivity index (χ1n) is 8.54. The number of nitrogens with zero attached hydrogens (tertiary/aromatic N) is 1. The maximum absolute atomic E-state index is 9.50. The number of aliphatic hydroxyl groups excluding tert-OH is 1. The highest BCUT2D eigenvalue weighted by Crippen LogP contribution is 2.39. The molecule has 0 aliphatic heterocycles. The third-order valence-electron chi connectivity index (χ3n) is 4.07. The van der Waals surface area contributed by atoms with E-state index >= 15 is 0 Å². The van der Waals surface area contributed by atoms with Gasteiger partial charge in [0.1, 0.15) is 5.75 Å². The zero-order valence-corrected chi connectivity index (χ0v) is 17.5. The zero-order valence-electron chi connectivity index (χ0n) is 16.1. The van der Waals surface area contributed by atoms with Crippen LogP contribution in [-0.2, 0) is 16.6 Å². The van der Waals surface area contributed by atoms with Crippen molar-refractivity contribution in [3.8, 4) is 16.9 Å². The molecule has 1 heterocycles. The Kier molecular flexibility index (Phi) is 6.03. The number of hydrogen-bond donors (Lipinski definition) is 1. The number of hydrogen-bond acceptors (Lipinski definition) is 4. The van der Waals surface area contributed by atoms with Crippen molar-refractivity contribution in [1.29, 1.82) is 0 Å². The molecule has 0 aliphatic rings. The molecule has 0 radical (unpaired) electrons. The maximum atomic E-state index is 9.50. The van der Waals surface area contributed by atoms with Crippen LogP contribution >= 0.6 is 0 Å². The summed E-state index contributed by atoms with van der Waals surface area (Å²) in [5.74, 6) is 0.772. The van der Waals surface area contributed by atoms with E-state index in [0.717, 1.165) is 28.0 Å². The van der Waals surface area contributed by atoms with Crippen molar-refractivity contribution in [2.75, 3.05) is 7.11 Å². The van der Waals surface area contributed by atoms with Crippen LogP contribution in [0.2, 0.25) is 5.04 Å². The molecule has 2 aromatic rings. The molecule has 25 heavy (non-hydrogen) atoms. The standard InChI is InChI=1S/C20H29NO3Si/c1-19(2,3)25-24-20(4,5)17-12-21-10-9-15(17)16-11-14(13-22)7-8-18(16)23-6/h7-12,22H,13,25H2,1-6H3. The highest BCUT2D eigenvalue weighted by atomic mass is 28.2. The van der Waals surface area contributed by atoms with Crippen LogP contribution in [0.3, 0.4) is 0 Å². The van der Waals surface area contributed by atoms with E-state index in [2.05, 4.69) is 39.6 Å². The number of benzene rings is 1. The summed E-state index contributed by atoms with van der Waals surface area (Å²) in [6, 6.07) is 7.72. The largest absolute Gasteiger partial charge is 0.496 e. The van der Waals surface area contributed by atoms with E-state index in [1.54, 1.807) is 13.3 Å². The average Bonchev–Trinajstić information content (AvgIpc) is 2.59. The monoisotopic (exact) mass is 359 g/mol. The van der Waals surface area contributed by atoms with Crippen LogP contribution < -0.4 is 4.74 Å². The van der Waals surface area contributed by atoms with Gasteiger partial charge in [-0.3, -0.25) is 4.98 Å². The van der Waals surface area contributed by atoms with Gasteiger partial charge in [-0.15, -0.1) is 0 Å². The lowest BCUT2D eigenvalue weighted by Gasteiger charge is -2.32. The second kappa shape index (κ2) is 7.68. The second-order valence-electron chi connectivity index (χ2n) is 7.97. The van der Waals surface area contributed by atoms with E-state index < -0.39 is 15.4 Å². The SMILES string of the molecule is COc1ccc(CO)cc1-c1ccncc1C(C)(C)O[SiH2]C(C)(C)C. The summed E-state index contributed by atoms with van der Waals surface area (Å²) in [5, 5.41) is 9.72. The van der Waals surface area contributed by atoms with E-state index in [1.165, 1.54) is 0 Å². The van der Waals surface area contributed by atoms with Crippen LogP contribution in [-0.4, -0.2) is 27.0 Å². The number of pyridine rings is 1. The Labute approximate surface area is 153 Å². The molecular weight excluding hydrogens is 330 g/mol. The third kappa shape index (κ3) is 4.90. The minimum Gasteiger partial charge on any atom is -0.496 e. The van der Waals surface area contributed by atoms with Gasteiger partial charge in [0.25, 0.3) is 0 Å². The summed E-state index contributed by atoms with van der Waals surface area (Å²) in [6.07, 6.45) is 3.65. The predicted molar refractivity (Wildman–Crippen MR) is 105 cm³/mol. The second-order valence-corrected chi connectivity index (χ2v) is 10.7. The molecule has 0 unspecified atom stereocenters. The molecule has 1 N–H and O–H groups in total. The lowest BCUT2D eigenvalue weighted by Crippen LogP contribution is -2.28. The molecule has 0 spiro atoms. The number of ether oxygens (including phenoxy) is 1. The maximum Gasteiger partial charge on any atom is 0.168 e. The van der Waals surface area contributed by atoms with Crippen molar-refractivity contribution in [2.45, 2.75) is 51.9 Å². The van der Waals surface area contributed by atoms with Crippen molar-refractivity contribution in [3.63, 3.8) is 0 Å². The molecule has 0 aliphatic carbocycles. The number of aromatic nitrogens is 1. The molecule has 136 valence electrons. The van der Waals surface area contributed by atoms with Gasteiger partial charge in [-0.05, 0) is 48.2 Å². The first-order chi connectivity index (χ1) is 11.7. The molecule has 0 saturated heterocycles. The van der Waals surface area contributed by atoms with Crippen LogP contribution in [0.4, 0.5) is 0 Å². The Morgan fingerprint density at radius 1 is 1.08 bits per heavy atom. The Balaban J connectivity index is 2.51. The van der Waals surface area contributed by atoms with Crippen LogP contribution in [0, 0.1) is 0 Å². The first kappa shape index (κ1) is 19.6. The van der Waals surface area contributed by atoms with Crippen molar-refractivity contribution in [1.82, 2.24) is 4.98 Å². The van der Waals surface area contributed by atoms with Gasteiger partial charge in [-0.2, -0.15) is 0 Å². The fraction of sp³-hybridized carbons (Fsp3) is 0.450. The summed E-state index contributed by atoms with van der Waals surface area (Å²) in [6.45, 7) is 10.8. The van der Waals surface area contributed by atoms with Crippen molar-refractivity contribution in [3.05, 3.63) is 47.8 Å².